The van der Waals surface area contributed by atoms with Gasteiger partial charge in [-0.05, 0) is 49.2 Å². The minimum Gasteiger partial charge on any atom is -0.350 e. The van der Waals surface area contributed by atoms with Gasteiger partial charge in [0.25, 0.3) is 10.0 Å². The average molecular weight is 612 g/mol. The molecule has 0 aliphatic heterocycles. The van der Waals surface area contributed by atoms with Gasteiger partial charge in [0.05, 0.1) is 22.0 Å². The molecule has 1 aromatic heterocycles. The molecule has 0 atom stereocenters. The molecule has 1 aliphatic carbocycles. The molecule has 13 heteroatoms. The monoisotopic (exact) mass is 611 g/mol. The first-order valence-corrected chi connectivity index (χ1v) is 15.0. The van der Waals surface area contributed by atoms with E-state index >= 15 is 0 Å². The number of amides is 2. The second-order valence-electron chi connectivity index (χ2n) is 9.96. The number of halogens is 2. The number of anilines is 1. The van der Waals surface area contributed by atoms with Crippen LogP contribution in [0.4, 0.5) is 10.1 Å². The first-order valence-electron chi connectivity index (χ1n) is 13.1. The molecule has 0 unspecified atom stereocenters. The smallest absolute Gasteiger partial charge is 0.261 e. The molecule has 218 valence electrons. The Kier molecular flexibility index (Phi) is 8.28. The van der Waals surface area contributed by atoms with Gasteiger partial charge < -0.3 is 10.2 Å². The molecule has 1 saturated carbocycles. The molecule has 2 amide bonds. The Balaban J connectivity index is 1.32. The Morgan fingerprint density at radius 1 is 1.07 bits per heavy atom. The molecule has 5 rings (SSSR count). The third-order valence-electron chi connectivity index (χ3n) is 6.80. The van der Waals surface area contributed by atoms with Crippen molar-refractivity contribution in [3.63, 3.8) is 0 Å². The van der Waals surface area contributed by atoms with E-state index in [0.717, 1.165) is 12.8 Å². The van der Waals surface area contributed by atoms with Crippen molar-refractivity contribution in [1.82, 2.24) is 20.0 Å². The van der Waals surface area contributed by atoms with Gasteiger partial charge in [0.15, 0.2) is 5.78 Å². The van der Waals surface area contributed by atoms with Gasteiger partial charge in [-0.25, -0.2) is 12.8 Å². The topological polar surface area (TPSA) is 130 Å². The van der Waals surface area contributed by atoms with E-state index in [0.29, 0.717) is 10.9 Å². The Labute approximate surface area is 246 Å². The summed E-state index contributed by atoms with van der Waals surface area (Å²) in [6, 6.07) is 16.9. The van der Waals surface area contributed by atoms with Crippen molar-refractivity contribution in [1.29, 1.82) is 0 Å². The highest BCUT2D eigenvalue weighted by Crippen LogP contribution is 2.29. The summed E-state index contributed by atoms with van der Waals surface area (Å²) in [7, 11) is -3.87. The fourth-order valence-electron chi connectivity index (χ4n) is 4.55. The summed E-state index contributed by atoms with van der Waals surface area (Å²) in [5.41, 5.74) is 0.989. The highest BCUT2D eigenvalue weighted by Gasteiger charge is 2.34. The van der Waals surface area contributed by atoms with Gasteiger partial charge in [0, 0.05) is 36.1 Å². The van der Waals surface area contributed by atoms with Crippen LogP contribution in [0.25, 0.3) is 10.9 Å². The second kappa shape index (κ2) is 11.9. The number of hydrogen-bond donors (Lipinski definition) is 2. The molecule has 0 bridgehead atoms. The molecule has 1 aliphatic rings. The lowest BCUT2D eigenvalue weighted by Crippen LogP contribution is -2.43. The number of nitrogens with one attached hydrogen (secondary N) is 2. The number of sulfonamides is 1. The van der Waals surface area contributed by atoms with E-state index in [-0.39, 0.29) is 64.2 Å². The molecule has 1 heterocycles. The Hall–Kier alpha value is -4.29. The number of aromatic nitrogens is 2. The summed E-state index contributed by atoms with van der Waals surface area (Å²) >= 11 is 5.81. The lowest BCUT2D eigenvalue weighted by Gasteiger charge is -2.22. The molecule has 2 N–H and O–H groups in total. The van der Waals surface area contributed by atoms with Crippen LogP contribution in [0.1, 0.15) is 35.8 Å². The van der Waals surface area contributed by atoms with Gasteiger partial charge in [-0.2, -0.15) is 5.10 Å². The third kappa shape index (κ3) is 6.44. The van der Waals surface area contributed by atoms with Gasteiger partial charge in [-0.3, -0.25) is 23.8 Å². The fraction of sp³-hybridized carbons (Fsp3) is 0.241. The molecule has 4 aromatic rings. The number of nitrogens with zero attached hydrogens (tertiary/aromatic N) is 3. The minimum absolute atomic E-state index is 0.0476. The van der Waals surface area contributed by atoms with Crippen LogP contribution < -0.4 is 10.0 Å². The largest absolute Gasteiger partial charge is 0.350 e. The third-order valence-corrected chi connectivity index (χ3v) is 8.49. The average Bonchev–Trinajstić information content (AvgIpc) is 3.74. The number of rotatable bonds is 11. The standard InChI is InChI=1S/C29H27ClFN5O5S/c1-18(37)29-23-14-20(34-42(40,41)22-7-3-2-4-8-22)10-13-25(23)36(33-29)17-27(39)35(21-11-12-21)16-26(38)32-15-19-6-5-9-24(30)28(19)31/h2-10,13-14,21,34H,11-12,15-17H2,1H3,(H,32,38). The molecular formula is C29H27ClFN5O5S. The van der Waals surface area contributed by atoms with Crippen molar-refractivity contribution in [2.45, 2.75) is 43.8 Å². The molecule has 0 radical (unpaired) electrons. The predicted molar refractivity (Wildman–Crippen MR) is 155 cm³/mol. The maximum absolute atomic E-state index is 14.2. The van der Waals surface area contributed by atoms with Crippen molar-refractivity contribution >= 4 is 55.8 Å². The highest BCUT2D eigenvalue weighted by atomic mass is 35.5. The van der Waals surface area contributed by atoms with Gasteiger partial charge in [-0.15, -0.1) is 0 Å². The molecular weight excluding hydrogens is 585 g/mol. The van der Waals surface area contributed by atoms with Gasteiger partial charge in [0.1, 0.15) is 18.1 Å². The number of fused-ring (bicyclic) bond motifs is 1. The summed E-state index contributed by atoms with van der Waals surface area (Å²) < 4.78 is 43.6. The zero-order chi connectivity index (χ0) is 30.0. The van der Waals surface area contributed by atoms with E-state index in [1.54, 1.807) is 30.3 Å². The molecule has 10 nitrogen and oxygen atoms in total. The summed E-state index contributed by atoms with van der Waals surface area (Å²) in [5, 5.41) is 7.31. The van der Waals surface area contributed by atoms with E-state index in [4.69, 9.17) is 11.6 Å². The van der Waals surface area contributed by atoms with E-state index in [9.17, 15) is 27.2 Å². The van der Waals surface area contributed by atoms with E-state index < -0.39 is 21.7 Å². The van der Waals surface area contributed by atoms with E-state index in [1.807, 2.05) is 0 Å². The van der Waals surface area contributed by atoms with Crippen LogP contribution in [0.2, 0.25) is 5.02 Å². The van der Waals surface area contributed by atoms with Crippen molar-refractivity contribution in [2.75, 3.05) is 11.3 Å². The lowest BCUT2D eigenvalue weighted by molar-refractivity contribution is -0.137. The summed E-state index contributed by atoms with van der Waals surface area (Å²) in [6.45, 7) is 0.778. The molecule has 42 heavy (non-hydrogen) atoms. The summed E-state index contributed by atoms with van der Waals surface area (Å²) in [4.78, 5) is 40.0. The lowest BCUT2D eigenvalue weighted by atomic mass is 10.1. The zero-order valence-corrected chi connectivity index (χ0v) is 24.1. The Morgan fingerprint density at radius 2 is 1.81 bits per heavy atom. The Morgan fingerprint density at radius 3 is 2.50 bits per heavy atom. The second-order valence-corrected chi connectivity index (χ2v) is 12.0. The molecule has 0 spiro atoms. The van der Waals surface area contributed by atoms with Crippen LogP contribution >= 0.6 is 11.6 Å². The van der Waals surface area contributed by atoms with Gasteiger partial charge >= 0.3 is 0 Å². The predicted octanol–water partition coefficient (Wildman–Crippen LogP) is 4.14. The van der Waals surface area contributed by atoms with Crippen molar-refractivity contribution in [3.05, 3.63) is 88.8 Å². The molecule has 3 aromatic carbocycles. The first kappa shape index (κ1) is 29.2. The summed E-state index contributed by atoms with van der Waals surface area (Å²) in [5.74, 6) is -1.81. The van der Waals surface area contributed by atoms with Crippen LogP contribution in [0.5, 0.6) is 0 Å². The first-order chi connectivity index (χ1) is 20.0. The zero-order valence-electron chi connectivity index (χ0n) is 22.5. The molecule has 0 saturated heterocycles. The van der Waals surface area contributed by atoms with Crippen molar-refractivity contribution in [2.24, 2.45) is 0 Å². The normalized spacial score (nSPS) is 13.1. The maximum atomic E-state index is 14.2. The number of benzene rings is 3. The SMILES string of the molecule is CC(=O)c1nn(CC(=O)N(CC(=O)NCc2cccc(Cl)c2F)C2CC2)c2ccc(NS(=O)(=O)c3ccccc3)cc12. The summed E-state index contributed by atoms with van der Waals surface area (Å²) in [6.07, 6.45) is 1.48. The van der Waals surface area contributed by atoms with Crippen LogP contribution in [0.3, 0.4) is 0 Å². The number of ketones is 1. The van der Waals surface area contributed by atoms with Crippen molar-refractivity contribution < 1.29 is 27.2 Å². The number of hydrogen-bond acceptors (Lipinski definition) is 6. The van der Waals surface area contributed by atoms with Crippen LogP contribution in [-0.2, 0) is 32.7 Å². The van der Waals surface area contributed by atoms with Crippen LogP contribution in [0, 0.1) is 5.82 Å². The maximum Gasteiger partial charge on any atom is 0.261 e. The van der Waals surface area contributed by atoms with E-state index in [2.05, 4.69) is 15.1 Å². The molecule has 1 fully saturated rings. The Bertz CT molecular complexity index is 1790. The van der Waals surface area contributed by atoms with Gasteiger partial charge in [-0.1, -0.05) is 41.9 Å². The number of Topliss-reactive ketones (excluding diaryl/α,β-unsaturated/α-hetero) is 1. The van der Waals surface area contributed by atoms with Crippen LogP contribution in [-0.4, -0.2) is 53.3 Å². The fourth-order valence-corrected chi connectivity index (χ4v) is 5.82. The van der Waals surface area contributed by atoms with Crippen LogP contribution in [0.15, 0.2) is 71.6 Å². The highest BCUT2D eigenvalue weighted by molar-refractivity contribution is 7.92. The number of carbonyl (C=O) groups is 3. The minimum atomic E-state index is -3.87. The van der Waals surface area contributed by atoms with Gasteiger partial charge in [0.2, 0.25) is 11.8 Å². The number of carbonyl (C=O) groups excluding carboxylic acids is 3. The van der Waals surface area contributed by atoms with Crippen molar-refractivity contribution in [3.8, 4) is 0 Å². The van der Waals surface area contributed by atoms with E-state index in [1.165, 1.54) is 52.9 Å². The quantitative estimate of drug-likeness (QED) is 0.245.